The molecule has 94 valence electrons. The van der Waals surface area contributed by atoms with Gasteiger partial charge in [-0.05, 0) is 18.2 Å². The van der Waals surface area contributed by atoms with E-state index in [1.165, 1.54) is 29.2 Å². The number of hydrogen-bond acceptors (Lipinski definition) is 4. The van der Waals surface area contributed by atoms with Crippen molar-refractivity contribution in [1.82, 2.24) is 14.8 Å². The zero-order valence-electron chi connectivity index (χ0n) is 9.10. The number of rotatable bonds is 3. The van der Waals surface area contributed by atoms with Gasteiger partial charge in [0.25, 0.3) is 0 Å². The quantitative estimate of drug-likeness (QED) is 0.879. The number of carbonyl (C=O) groups is 1. The first-order valence-corrected chi connectivity index (χ1v) is 5.32. The van der Waals surface area contributed by atoms with Crippen molar-refractivity contribution in [3.63, 3.8) is 0 Å². The largest absolute Gasteiger partial charge is 0.367 e. The van der Waals surface area contributed by atoms with Gasteiger partial charge in [-0.1, -0.05) is 11.6 Å². The predicted octanol–water partition coefficient (Wildman–Crippen LogP) is 1.29. The molecule has 1 heterocycles. The summed E-state index contributed by atoms with van der Waals surface area (Å²) in [5.41, 5.74) is 5.71. The van der Waals surface area contributed by atoms with Crippen molar-refractivity contribution < 1.29 is 9.18 Å². The Morgan fingerprint density at radius 2 is 2.33 bits per heavy atom. The molecule has 0 saturated carbocycles. The number of hydrogen-bond donors (Lipinski definition) is 2. The molecule has 8 heteroatoms. The Morgan fingerprint density at radius 1 is 1.56 bits per heavy atom. The number of nitrogens with zero attached hydrogens (tertiary/aromatic N) is 3. The van der Waals surface area contributed by atoms with E-state index in [9.17, 15) is 9.18 Å². The van der Waals surface area contributed by atoms with Gasteiger partial charge in [-0.2, -0.15) is 0 Å². The second-order valence-electron chi connectivity index (χ2n) is 3.48. The van der Waals surface area contributed by atoms with Gasteiger partial charge in [0.15, 0.2) is 0 Å². The van der Waals surface area contributed by atoms with E-state index in [4.69, 9.17) is 17.3 Å². The number of nitrogen functional groups attached to an aromatic ring is 1. The number of amides is 1. The number of carbonyl (C=O) groups excluding carboxylic acids is 1. The molecule has 6 nitrogen and oxygen atoms in total. The Labute approximate surface area is 107 Å². The fourth-order valence-electron chi connectivity index (χ4n) is 1.31. The Bertz CT molecular complexity index is 585. The lowest BCUT2D eigenvalue weighted by Crippen LogP contribution is -2.19. The maximum atomic E-state index is 12.9. The smallest absolute Gasteiger partial charge is 0.246 e. The molecule has 0 aliphatic rings. The molecule has 1 aromatic heterocycles. The van der Waals surface area contributed by atoms with Gasteiger partial charge in [0.1, 0.15) is 18.7 Å². The highest BCUT2D eigenvalue weighted by atomic mass is 35.5. The number of nitrogens with one attached hydrogen (secondary N) is 1. The van der Waals surface area contributed by atoms with Gasteiger partial charge < -0.3 is 11.1 Å². The first-order valence-electron chi connectivity index (χ1n) is 4.94. The van der Waals surface area contributed by atoms with Crippen LogP contribution < -0.4 is 11.1 Å². The molecular formula is C10H9ClFN5O. The van der Waals surface area contributed by atoms with Crippen LogP contribution in [0.2, 0.25) is 5.02 Å². The standard InChI is InChI=1S/C10H9ClFN5O/c11-7-3-6(1-2-8(7)12)15-9(18)4-17-5-14-10(13)16-17/h1-3,5H,4H2,(H2,13,16)(H,15,18). The molecule has 18 heavy (non-hydrogen) atoms. The van der Waals surface area contributed by atoms with Gasteiger partial charge in [0, 0.05) is 5.69 Å². The van der Waals surface area contributed by atoms with Gasteiger partial charge in [-0.15, -0.1) is 5.10 Å². The second kappa shape index (κ2) is 5.01. The van der Waals surface area contributed by atoms with E-state index < -0.39 is 5.82 Å². The summed E-state index contributed by atoms with van der Waals surface area (Å²) in [6, 6.07) is 3.91. The van der Waals surface area contributed by atoms with Gasteiger partial charge in [0.2, 0.25) is 11.9 Å². The van der Waals surface area contributed by atoms with Crippen LogP contribution in [0.4, 0.5) is 16.0 Å². The molecule has 0 saturated heterocycles. The van der Waals surface area contributed by atoms with E-state index in [0.717, 1.165) is 0 Å². The Morgan fingerprint density at radius 3 is 2.94 bits per heavy atom. The van der Waals surface area contributed by atoms with Crippen molar-refractivity contribution in [2.75, 3.05) is 11.1 Å². The lowest BCUT2D eigenvalue weighted by Gasteiger charge is -2.05. The molecule has 1 amide bonds. The first kappa shape index (κ1) is 12.3. The SMILES string of the molecule is Nc1ncn(CC(=O)Nc2ccc(F)c(Cl)c2)n1. The minimum absolute atomic E-state index is 0.0425. The van der Waals surface area contributed by atoms with E-state index in [1.807, 2.05) is 0 Å². The van der Waals surface area contributed by atoms with E-state index in [-0.39, 0.29) is 23.4 Å². The second-order valence-corrected chi connectivity index (χ2v) is 3.88. The Hall–Kier alpha value is -2.15. The van der Waals surface area contributed by atoms with Crippen molar-refractivity contribution in [2.24, 2.45) is 0 Å². The van der Waals surface area contributed by atoms with Gasteiger partial charge >= 0.3 is 0 Å². The molecule has 0 spiro atoms. The third kappa shape index (κ3) is 2.95. The molecule has 0 radical (unpaired) electrons. The highest BCUT2D eigenvalue weighted by Crippen LogP contribution is 2.19. The molecular weight excluding hydrogens is 261 g/mol. The molecule has 0 bridgehead atoms. The van der Waals surface area contributed by atoms with Crippen LogP contribution in [-0.4, -0.2) is 20.7 Å². The average molecular weight is 270 g/mol. The summed E-state index contributed by atoms with van der Waals surface area (Å²) in [4.78, 5) is 15.3. The summed E-state index contributed by atoms with van der Waals surface area (Å²) in [6.45, 7) is -0.0425. The van der Waals surface area contributed by atoms with Crippen LogP contribution in [0.1, 0.15) is 0 Å². The van der Waals surface area contributed by atoms with E-state index in [0.29, 0.717) is 5.69 Å². The average Bonchev–Trinajstić information content (AvgIpc) is 2.69. The van der Waals surface area contributed by atoms with Gasteiger partial charge in [0.05, 0.1) is 5.02 Å². The lowest BCUT2D eigenvalue weighted by atomic mass is 10.3. The van der Waals surface area contributed by atoms with Crippen molar-refractivity contribution >= 4 is 29.1 Å². The van der Waals surface area contributed by atoms with Crippen molar-refractivity contribution in [3.8, 4) is 0 Å². The maximum absolute atomic E-state index is 12.9. The van der Waals surface area contributed by atoms with Gasteiger partial charge in [-0.3, -0.25) is 4.79 Å². The minimum Gasteiger partial charge on any atom is -0.367 e. The number of nitrogens with two attached hydrogens (primary N) is 1. The summed E-state index contributed by atoms with van der Waals surface area (Å²) in [7, 11) is 0. The third-order valence-electron chi connectivity index (χ3n) is 2.06. The van der Waals surface area contributed by atoms with Gasteiger partial charge in [-0.25, -0.2) is 14.1 Å². The number of aromatic nitrogens is 3. The van der Waals surface area contributed by atoms with Crippen LogP contribution in [0.5, 0.6) is 0 Å². The maximum Gasteiger partial charge on any atom is 0.246 e. The number of halogens is 2. The molecule has 1 aromatic carbocycles. The normalized spacial score (nSPS) is 10.3. The van der Waals surface area contributed by atoms with E-state index >= 15 is 0 Å². The highest BCUT2D eigenvalue weighted by molar-refractivity contribution is 6.31. The third-order valence-corrected chi connectivity index (χ3v) is 2.35. The fraction of sp³-hybridized carbons (Fsp3) is 0.100. The lowest BCUT2D eigenvalue weighted by molar-refractivity contribution is -0.116. The zero-order chi connectivity index (χ0) is 13.1. The monoisotopic (exact) mass is 269 g/mol. The van der Waals surface area contributed by atoms with Crippen LogP contribution in [-0.2, 0) is 11.3 Å². The molecule has 0 atom stereocenters. The van der Waals surface area contributed by atoms with E-state index in [2.05, 4.69) is 15.4 Å². The molecule has 0 aliphatic heterocycles. The van der Waals surface area contributed by atoms with Crippen LogP contribution in [0, 0.1) is 5.82 Å². The van der Waals surface area contributed by atoms with Crippen LogP contribution in [0.3, 0.4) is 0 Å². The van der Waals surface area contributed by atoms with Crippen molar-refractivity contribution in [3.05, 3.63) is 35.4 Å². The summed E-state index contributed by atoms with van der Waals surface area (Å²) in [5.74, 6) is -0.797. The first-order chi connectivity index (χ1) is 8.54. The van der Waals surface area contributed by atoms with Crippen LogP contribution >= 0.6 is 11.6 Å². The molecule has 0 fully saturated rings. The molecule has 0 aliphatic carbocycles. The summed E-state index contributed by atoms with van der Waals surface area (Å²) < 4.78 is 14.2. The predicted molar refractivity (Wildman–Crippen MR) is 64.5 cm³/mol. The number of anilines is 2. The fourth-order valence-corrected chi connectivity index (χ4v) is 1.49. The van der Waals surface area contributed by atoms with Crippen LogP contribution in [0.25, 0.3) is 0 Å². The minimum atomic E-state index is -0.543. The van der Waals surface area contributed by atoms with Crippen molar-refractivity contribution in [2.45, 2.75) is 6.54 Å². The summed E-state index contributed by atoms with van der Waals surface area (Å²) in [5, 5.41) is 6.25. The Kier molecular flexibility index (Phi) is 3.42. The topological polar surface area (TPSA) is 85.8 Å². The highest BCUT2D eigenvalue weighted by Gasteiger charge is 2.07. The van der Waals surface area contributed by atoms with Crippen LogP contribution in [0.15, 0.2) is 24.5 Å². The Balaban J connectivity index is 2.00. The molecule has 0 unspecified atom stereocenters. The zero-order valence-corrected chi connectivity index (χ0v) is 9.86. The summed E-state index contributed by atoms with van der Waals surface area (Å²) >= 11 is 5.59. The molecule has 3 N–H and O–H groups in total. The number of benzene rings is 1. The van der Waals surface area contributed by atoms with E-state index in [1.54, 1.807) is 0 Å². The molecule has 2 rings (SSSR count). The molecule has 2 aromatic rings. The van der Waals surface area contributed by atoms with Crippen molar-refractivity contribution in [1.29, 1.82) is 0 Å². The summed E-state index contributed by atoms with van der Waals surface area (Å²) in [6.07, 6.45) is 1.34.